The van der Waals surface area contributed by atoms with Gasteiger partial charge in [0.1, 0.15) is 18.4 Å². The zero-order chi connectivity index (χ0) is 24.3. The number of hydrogen-bond acceptors (Lipinski definition) is 5. The van der Waals surface area contributed by atoms with Gasteiger partial charge in [0.2, 0.25) is 0 Å². The molecule has 0 aromatic carbocycles. The summed E-state index contributed by atoms with van der Waals surface area (Å²) in [7, 11) is 0. The number of nitrogens with one attached hydrogen (secondary N) is 1. The van der Waals surface area contributed by atoms with Gasteiger partial charge in [-0.3, -0.25) is 14.4 Å². The Morgan fingerprint density at radius 2 is 1.91 bits per heavy atom. The first-order valence-electron chi connectivity index (χ1n) is 10.4. The highest BCUT2D eigenvalue weighted by atomic mass is 19.4. The molecule has 1 aliphatic rings. The van der Waals surface area contributed by atoms with Crippen molar-refractivity contribution in [3.63, 3.8) is 0 Å². The Kier molecular flexibility index (Phi) is 6.95. The SMILES string of the molecule is Cc1c(C#N)c(NC(=O)COC(=O)Cn2cc(C(F)(F)F)ccc2=O)n(C2CCCC2)c1C. The lowest BCUT2D eigenvalue weighted by Gasteiger charge is -2.19. The quantitative estimate of drug-likeness (QED) is 0.659. The maximum atomic E-state index is 12.8. The number of rotatable bonds is 6. The van der Waals surface area contributed by atoms with E-state index in [-0.39, 0.29) is 6.04 Å². The van der Waals surface area contributed by atoms with Crippen LogP contribution in [-0.2, 0) is 27.0 Å². The van der Waals surface area contributed by atoms with Gasteiger partial charge in [0, 0.05) is 24.0 Å². The van der Waals surface area contributed by atoms with Crippen LogP contribution in [0.25, 0.3) is 0 Å². The summed E-state index contributed by atoms with van der Waals surface area (Å²) in [4.78, 5) is 36.2. The van der Waals surface area contributed by atoms with E-state index in [1.807, 2.05) is 11.5 Å². The highest BCUT2D eigenvalue weighted by Gasteiger charge is 2.31. The number of aromatic nitrogens is 2. The number of carbonyl (C=O) groups excluding carboxylic acids is 2. The molecule has 3 rings (SSSR count). The van der Waals surface area contributed by atoms with Crippen LogP contribution in [0, 0.1) is 25.2 Å². The topological polar surface area (TPSA) is 106 Å². The highest BCUT2D eigenvalue weighted by molar-refractivity contribution is 5.93. The molecule has 2 aromatic heterocycles. The second-order valence-electron chi connectivity index (χ2n) is 7.94. The summed E-state index contributed by atoms with van der Waals surface area (Å²) in [6, 6.07) is 3.57. The fourth-order valence-electron chi connectivity index (χ4n) is 4.03. The Balaban J connectivity index is 1.68. The average Bonchev–Trinajstić information content (AvgIpc) is 3.34. The van der Waals surface area contributed by atoms with Crippen LogP contribution in [0.15, 0.2) is 23.1 Å². The molecule has 0 aliphatic heterocycles. The summed E-state index contributed by atoms with van der Waals surface area (Å²) >= 11 is 0. The van der Waals surface area contributed by atoms with Crippen molar-refractivity contribution < 1.29 is 27.5 Å². The third-order valence-electron chi connectivity index (χ3n) is 5.79. The largest absolute Gasteiger partial charge is 0.454 e. The third-order valence-corrected chi connectivity index (χ3v) is 5.79. The van der Waals surface area contributed by atoms with Crippen molar-refractivity contribution in [1.29, 1.82) is 5.26 Å². The molecule has 2 aromatic rings. The molecular formula is C22H23F3N4O4. The summed E-state index contributed by atoms with van der Waals surface area (Å²) in [5, 5.41) is 12.2. The van der Waals surface area contributed by atoms with Crippen LogP contribution < -0.4 is 10.9 Å². The molecule has 0 bridgehead atoms. The van der Waals surface area contributed by atoms with E-state index >= 15 is 0 Å². The average molecular weight is 464 g/mol. The van der Waals surface area contributed by atoms with Crippen LogP contribution in [0.3, 0.4) is 0 Å². The molecular weight excluding hydrogens is 441 g/mol. The number of carbonyl (C=O) groups is 2. The van der Waals surface area contributed by atoms with Crippen molar-refractivity contribution in [3.05, 3.63) is 51.1 Å². The molecule has 0 unspecified atom stereocenters. The first-order valence-corrected chi connectivity index (χ1v) is 10.4. The van der Waals surface area contributed by atoms with E-state index < -0.39 is 42.3 Å². The molecule has 0 saturated heterocycles. The zero-order valence-corrected chi connectivity index (χ0v) is 18.2. The van der Waals surface area contributed by atoms with Gasteiger partial charge < -0.3 is 19.2 Å². The van der Waals surface area contributed by atoms with Crippen molar-refractivity contribution in [2.75, 3.05) is 11.9 Å². The van der Waals surface area contributed by atoms with Gasteiger partial charge >= 0.3 is 12.1 Å². The molecule has 1 N–H and O–H groups in total. The molecule has 1 amide bonds. The van der Waals surface area contributed by atoms with E-state index in [1.54, 1.807) is 6.92 Å². The maximum absolute atomic E-state index is 12.8. The van der Waals surface area contributed by atoms with Gasteiger partial charge in [-0.15, -0.1) is 0 Å². The minimum Gasteiger partial charge on any atom is -0.454 e. The minimum absolute atomic E-state index is 0.149. The number of nitriles is 1. The summed E-state index contributed by atoms with van der Waals surface area (Å²) in [5.74, 6) is -1.41. The Morgan fingerprint density at radius 3 is 2.52 bits per heavy atom. The van der Waals surface area contributed by atoms with Crippen LogP contribution >= 0.6 is 0 Å². The van der Waals surface area contributed by atoms with Crippen LogP contribution in [-0.4, -0.2) is 27.6 Å². The standard InChI is InChI=1S/C22H23F3N4O4/c1-13-14(2)29(16-5-3-4-6-16)21(17(13)9-26)27-18(30)12-33-20(32)11-28-10-15(22(23,24)25)7-8-19(28)31/h7-8,10,16H,3-6,11-12H2,1-2H3,(H,27,30). The number of ether oxygens (including phenoxy) is 1. The molecule has 0 spiro atoms. The van der Waals surface area contributed by atoms with Crippen LogP contribution in [0.2, 0.25) is 0 Å². The molecule has 0 atom stereocenters. The first kappa shape index (κ1) is 24.1. The second-order valence-corrected chi connectivity index (χ2v) is 7.94. The third kappa shape index (κ3) is 5.27. The Bertz CT molecular complexity index is 1170. The molecule has 33 heavy (non-hydrogen) atoms. The highest BCUT2D eigenvalue weighted by Crippen LogP contribution is 2.37. The van der Waals surface area contributed by atoms with Crippen molar-refractivity contribution in [1.82, 2.24) is 9.13 Å². The van der Waals surface area contributed by atoms with E-state index in [9.17, 15) is 32.8 Å². The van der Waals surface area contributed by atoms with Gasteiger partial charge in [-0.1, -0.05) is 12.8 Å². The lowest BCUT2D eigenvalue weighted by Crippen LogP contribution is -2.28. The predicted molar refractivity (Wildman–Crippen MR) is 111 cm³/mol. The monoisotopic (exact) mass is 464 g/mol. The van der Waals surface area contributed by atoms with Gasteiger partial charge in [0.25, 0.3) is 11.5 Å². The van der Waals surface area contributed by atoms with Gasteiger partial charge in [0.05, 0.1) is 11.1 Å². The molecule has 1 saturated carbocycles. The number of anilines is 1. The lowest BCUT2D eigenvalue weighted by molar-refractivity contribution is -0.148. The summed E-state index contributed by atoms with van der Waals surface area (Å²) in [5.41, 5.74) is 0.0448. The van der Waals surface area contributed by atoms with Crippen LogP contribution in [0.1, 0.15) is 54.1 Å². The zero-order valence-electron chi connectivity index (χ0n) is 18.2. The van der Waals surface area contributed by atoms with E-state index in [4.69, 9.17) is 4.74 Å². The summed E-state index contributed by atoms with van der Waals surface area (Å²) < 4.78 is 45.8. The first-order chi connectivity index (χ1) is 15.5. The van der Waals surface area contributed by atoms with Gasteiger partial charge in [-0.25, -0.2) is 0 Å². The molecule has 176 valence electrons. The number of esters is 1. The van der Waals surface area contributed by atoms with E-state index in [0.29, 0.717) is 34.3 Å². The smallest absolute Gasteiger partial charge is 0.417 e. The molecule has 0 radical (unpaired) electrons. The van der Waals surface area contributed by atoms with E-state index in [0.717, 1.165) is 36.9 Å². The fraction of sp³-hybridized carbons (Fsp3) is 0.455. The molecule has 1 fully saturated rings. The Labute approximate surface area is 187 Å². The summed E-state index contributed by atoms with van der Waals surface area (Å²) in [6.07, 6.45) is -0.232. The molecule has 2 heterocycles. The van der Waals surface area contributed by atoms with E-state index in [2.05, 4.69) is 11.4 Å². The number of alkyl halides is 3. The van der Waals surface area contributed by atoms with Crippen molar-refractivity contribution in [3.8, 4) is 6.07 Å². The fourth-order valence-corrected chi connectivity index (χ4v) is 4.03. The maximum Gasteiger partial charge on any atom is 0.417 e. The number of hydrogen-bond donors (Lipinski definition) is 1. The lowest BCUT2D eigenvalue weighted by atomic mass is 10.2. The predicted octanol–water partition coefficient (Wildman–Crippen LogP) is 3.45. The van der Waals surface area contributed by atoms with Gasteiger partial charge in [0.15, 0.2) is 6.61 Å². The van der Waals surface area contributed by atoms with Crippen molar-refractivity contribution >= 4 is 17.7 Å². The molecule has 1 aliphatic carbocycles. The Morgan fingerprint density at radius 1 is 1.24 bits per heavy atom. The van der Waals surface area contributed by atoms with Crippen LogP contribution in [0.4, 0.5) is 19.0 Å². The number of amides is 1. The Hall–Kier alpha value is -3.55. The van der Waals surface area contributed by atoms with Gasteiger partial charge in [-0.05, 0) is 38.3 Å². The number of halogens is 3. The number of nitrogens with zero attached hydrogens (tertiary/aromatic N) is 3. The molecule has 11 heteroatoms. The minimum atomic E-state index is -4.68. The summed E-state index contributed by atoms with van der Waals surface area (Å²) in [6.45, 7) is 2.17. The molecule has 8 nitrogen and oxygen atoms in total. The van der Waals surface area contributed by atoms with E-state index in [1.165, 1.54) is 0 Å². The van der Waals surface area contributed by atoms with Gasteiger partial charge in [-0.2, -0.15) is 18.4 Å². The van der Waals surface area contributed by atoms with Crippen molar-refractivity contribution in [2.45, 2.75) is 58.3 Å². The second kappa shape index (κ2) is 9.52. The van der Waals surface area contributed by atoms with Crippen LogP contribution in [0.5, 0.6) is 0 Å². The number of pyridine rings is 1. The normalized spacial score (nSPS) is 14.2. The van der Waals surface area contributed by atoms with Crippen molar-refractivity contribution in [2.24, 2.45) is 0 Å².